The van der Waals surface area contributed by atoms with Crippen molar-refractivity contribution in [2.75, 3.05) is 5.75 Å². The zero-order valence-electron chi connectivity index (χ0n) is 19.7. The lowest BCUT2D eigenvalue weighted by molar-refractivity contribution is -0.118. The maximum Gasteiger partial charge on any atom is 0.267 e. The lowest BCUT2D eigenvalue weighted by atomic mass is 9.97. The lowest BCUT2D eigenvalue weighted by Gasteiger charge is -2.13. The molecule has 0 radical (unpaired) electrons. The molecule has 1 amide bonds. The Morgan fingerprint density at radius 1 is 1.11 bits per heavy atom. The van der Waals surface area contributed by atoms with Crippen LogP contribution in [0.25, 0.3) is 15.9 Å². The summed E-state index contributed by atoms with van der Waals surface area (Å²) >= 11 is 20.9. The van der Waals surface area contributed by atoms with Crippen LogP contribution in [-0.2, 0) is 17.6 Å². The summed E-state index contributed by atoms with van der Waals surface area (Å²) < 4.78 is 1.57. The summed E-state index contributed by atoms with van der Waals surface area (Å²) in [5, 5.41) is 6.74. The average molecular weight is 592 g/mol. The molecule has 2 aromatic carbocycles. The minimum atomic E-state index is -0.327. The van der Waals surface area contributed by atoms with Gasteiger partial charge in [0.25, 0.3) is 11.5 Å². The van der Waals surface area contributed by atoms with Crippen LogP contribution in [0, 0.1) is 0 Å². The molecule has 0 unspecified atom stereocenters. The summed E-state index contributed by atoms with van der Waals surface area (Å²) in [6, 6.07) is 12.2. The fraction of sp³-hybridized carbons (Fsp3) is 0.231. The maximum atomic E-state index is 13.8. The van der Waals surface area contributed by atoms with E-state index in [4.69, 9.17) is 39.8 Å². The van der Waals surface area contributed by atoms with Gasteiger partial charge in [-0.1, -0.05) is 52.6 Å². The predicted octanol–water partition coefficient (Wildman–Crippen LogP) is 6.92. The summed E-state index contributed by atoms with van der Waals surface area (Å²) in [6.45, 7) is 1.76. The highest BCUT2D eigenvalue weighted by atomic mass is 35.5. The largest absolute Gasteiger partial charge is 0.272 e. The van der Waals surface area contributed by atoms with Crippen molar-refractivity contribution in [3.63, 3.8) is 0 Å². The van der Waals surface area contributed by atoms with Crippen molar-refractivity contribution in [2.24, 2.45) is 5.10 Å². The molecule has 0 spiro atoms. The Balaban J connectivity index is 1.43. The average Bonchev–Trinajstić information content (AvgIpc) is 3.27. The molecular formula is C26H21Cl3N4O2S2. The first-order chi connectivity index (χ1) is 17.8. The minimum Gasteiger partial charge on any atom is -0.272 e. The van der Waals surface area contributed by atoms with Crippen molar-refractivity contribution >= 4 is 79.7 Å². The third kappa shape index (κ3) is 5.59. The Morgan fingerprint density at radius 2 is 1.86 bits per heavy atom. The molecule has 4 aromatic rings. The van der Waals surface area contributed by atoms with E-state index in [0.29, 0.717) is 37.0 Å². The number of benzene rings is 2. The van der Waals surface area contributed by atoms with Crippen molar-refractivity contribution in [3.05, 3.63) is 83.9 Å². The lowest BCUT2D eigenvalue weighted by Crippen LogP contribution is -2.24. The fourth-order valence-electron chi connectivity index (χ4n) is 4.20. The second-order valence-electron chi connectivity index (χ2n) is 8.55. The number of nitrogens with zero attached hydrogens (tertiary/aromatic N) is 3. The number of fused-ring (bicyclic) bond motifs is 3. The summed E-state index contributed by atoms with van der Waals surface area (Å²) in [6.07, 6.45) is 4.04. The number of nitrogens with one attached hydrogen (secondary N) is 1. The van der Waals surface area contributed by atoms with Crippen molar-refractivity contribution < 1.29 is 4.79 Å². The van der Waals surface area contributed by atoms with E-state index in [1.807, 2.05) is 0 Å². The number of aromatic nitrogens is 2. The van der Waals surface area contributed by atoms with Crippen LogP contribution in [-0.4, -0.2) is 26.9 Å². The molecule has 2 heterocycles. The Kier molecular flexibility index (Phi) is 7.93. The van der Waals surface area contributed by atoms with E-state index >= 15 is 0 Å². The second kappa shape index (κ2) is 11.2. The predicted molar refractivity (Wildman–Crippen MR) is 154 cm³/mol. The number of rotatable bonds is 6. The summed E-state index contributed by atoms with van der Waals surface area (Å²) in [4.78, 5) is 33.2. The highest BCUT2D eigenvalue weighted by Gasteiger charge is 2.23. The van der Waals surface area contributed by atoms with E-state index in [1.54, 1.807) is 65.3 Å². The van der Waals surface area contributed by atoms with Gasteiger partial charge < -0.3 is 0 Å². The molecule has 5 rings (SSSR count). The van der Waals surface area contributed by atoms with Crippen LogP contribution in [0.2, 0.25) is 15.1 Å². The molecule has 190 valence electrons. The van der Waals surface area contributed by atoms with Crippen LogP contribution in [0.5, 0.6) is 0 Å². The first-order valence-corrected chi connectivity index (χ1v) is 14.5. The van der Waals surface area contributed by atoms with E-state index in [0.717, 1.165) is 41.6 Å². The van der Waals surface area contributed by atoms with Gasteiger partial charge in [0.1, 0.15) is 4.83 Å². The van der Waals surface area contributed by atoms with Crippen LogP contribution in [0.1, 0.15) is 35.8 Å². The molecule has 37 heavy (non-hydrogen) atoms. The van der Waals surface area contributed by atoms with E-state index in [-0.39, 0.29) is 17.2 Å². The second-order valence-corrected chi connectivity index (χ2v) is 11.8. The van der Waals surface area contributed by atoms with Gasteiger partial charge in [0.2, 0.25) is 0 Å². The first-order valence-electron chi connectivity index (χ1n) is 11.6. The number of halogens is 3. The number of thiophene rings is 1. The molecule has 0 aliphatic heterocycles. The van der Waals surface area contributed by atoms with Gasteiger partial charge in [-0.15, -0.1) is 11.3 Å². The Morgan fingerprint density at radius 3 is 2.62 bits per heavy atom. The number of carbonyl (C=O) groups excluding carboxylic acids is 1. The zero-order valence-corrected chi connectivity index (χ0v) is 23.6. The van der Waals surface area contributed by atoms with Gasteiger partial charge >= 0.3 is 0 Å². The molecule has 0 saturated heterocycles. The van der Waals surface area contributed by atoms with Gasteiger partial charge in [-0.05, 0) is 80.1 Å². The standard InChI is InChI=1S/C26H21Cl3N4O2S2/c1-14(15-6-11-19(28)20(29)12-15)31-32-22(34)13-36-26-30-24-23(18-4-2-3-5-21(18)37-24)25(35)33(26)17-9-7-16(27)8-10-17/h6-12H,2-5,13H2,1H3,(H,32,34). The van der Waals surface area contributed by atoms with Crippen molar-refractivity contribution in [1.82, 2.24) is 15.0 Å². The summed E-state index contributed by atoms with van der Waals surface area (Å²) in [5.41, 5.74) is 5.54. The molecule has 0 fully saturated rings. The number of hydrogen-bond acceptors (Lipinski definition) is 6. The van der Waals surface area contributed by atoms with Crippen molar-refractivity contribution in [2.45, 2.75) is 37.8 Å². The first kappa shape index (κ1) is 26.3. The summed E-state index contributed by atoms with van der Waals surface area (Å²) in [5.74, 6) is -0.304. The van der Waals surface area contributed by atoms with Gasteiger partial charge in [0, 0.05) is 9.90 Å². The van der Waals surface area contributed by atoms with E-state index in [1.165, 1.54) is 16.6 Å². The van der Waals surface area contributed by atoms with Crippen LogP contribution >= 0.6 is 57.9 Å². The number of amides is 1. The van der Waals surface area contributed by atoms with Crippen LogP contribution in [0.15, 0.2) is 57.5 Å². The van der Waals surface area contributed by atoms with Crippen molar-refractivity contribution in [1.29, 1.82) is 0 Å². The molecule has 1 aliphatic carbocycles. The monoisotopic (exact) mass is 590 g/mol. The molecule has 0 saturated carbocycles. The molecule has 2 aromatic heterocycles. The van der Waals surface area contributed by atoms with E-state index in [2.05, 4.69) is 10.5 Å². The zero-order chi connectivity index (χ0) is 26.1. The minimum absolute atomic E-state index is 0.0226. The molecule has 1 N–H and O–H groups in total. The van der Waals surface area contributed by atoms with E-state index in [9.17, 15) is 9.59 Å². The van der Waals surface area contributed by atoms with Gasteiger partial charge in [0.15, 0.2) is 5.16 Å². The maximum absolute atomic E-state index is 13.8. The number of hydrazone groups is 1. The third-order valence-corrected chi connectivity index (χ3v) is 9.18. The third-order valence-electron chi connectivity index (χ3n) is 6.06. The van der Waals surface area contributed by atoms with Gasteiger partial charge in [-0.25, -0.2) is 10.4 Å². The van der Waals surface area contributed by atoms with Gasteiger partial charge in [-0.3, -0.25) is 14.2 Å². The normalized spacial score (nSPS) is 13.6. The number of thioether (sulfide) groups is 1. The molecule has 1 aliphatic rings. The Bertz CT molecular complexity index is 1600. The van der Waals surface area contributed by atoms with Crippen LogP contribution < -0.4 is 11.0 Å². The van der Waals surface area contributed by atoms with E-state index < -0.39 is 0 Å². The Hall–Kier alpha value is -2.36. The molecular weight excluding hydrogens is 571 g/mol. The van der Waals surface area contributed by atoms with Crippen LogP contribution in [0.4, 0.5) is 0 Å². The quantitative estimate of drug-likeness (QED) is 0.114. The highest BCUT2D eigenvalue weighted by Crippen LogP contribution is 2.35. The molecule has 6 nitrogen and oxygen atoms in total. The summed E-state index contributed by atoms with van der Waals surface area (Å²) in [7, 11) is 0. The molecule has 0 atom stereocenters. The van der Waals surface area contributed by atoms with Gasteiger partial charge in [-0.2, -0.15) is 5.10 Å². The van der Waals surface area contributed by atoms with Gasteiger partial charge in [0.05, 0.1) is 32.6 Å². The Labute approximate surface area is 236 Å². The SMILES string of the molecule is CC(=NNC(=O)CSc1nc2sc3c(c2c(=O)n1-c1ccc(Cl)cc1)CCCC3)c1ccc(Cl)c(Cl)c1. The fourth-order valence-corrected chi connectivity index (χ4v) is 6.73. The number of aryl methyl sites for hydroxylation is 2. The molecule has 11 heteroatoms. The number of hydrogen-bond donors (Lipinski definition) is 1. The highest BCUT2D eigenvalue weighted by molar-refractivity contribution is 7.99. The number of carbonyl (C=O) groups is 1. The molecule has 0 bridgehead atoms. The van der Waals surface area contributed by atoms with Crippen molar-refractivity contribution in [3.8, 4) is 5.69 Å². The van der Waals surface area contributed by atoms with Crippen LogP contribution in [0.3, 0.4) is 0 Å². The topological polar surface area (TPSA) is 76.3 Å². The smallest absolute Gasteiger partial charge is 0.267 e.